The molecule has 5 heteroatoms. The van der Waals surface area contributed by atoms with Crippen molar-refractivity contribution < 1.29 is 0 Å². The maximum absolute atomic E-state index is 4.36. The highest BCUT2D eigenvalue weighted by atomic mass is 15.2. The Balaban J connectivity index is 1.90. The van der Waals surface area contributed by atoms with Gasteiger partial charge in [-0.1, -0.05) is 6.07 Å². The lowest BCUT2D eigenvalue weighted by Gasteiger charge is -2.16. The number of hydrogen-bond donors (Lipinski definition) is 1. The fraction of sp³-hybridized carbons (Fsp3) is 0.357. The van der Waals surface area contributed by atoms with E-state index in [0.717, 1.165) is 36.7 Å². The molecule has 2 heterocycles. The molecule has 0 amide bonds. The highest BCUT2D eigenvalue weighted by Crippen LogP contribution is 2.06. The van der Waals surface area contributed by atoms with E-state index in [1.807, 2.05) is 55.8 Å². The van der Waals surface area contributed by atoms with Crippen LogP contribution >= 0.6 is 0 Å². The summed E-state index contributed by atoms with van der Waals surface area (Å²) in [5.74, 6) is 0.746. The average Bonchev–Trinajstić information content (AvgIpc) is 2.47. The summed E-state index contributed by atoms with van der Waals surface area (Å²) in [5, 5.41) is 3.08. The van der Waals surface area contributed by atoms with Crippen LogP contribution in [0.5, 0.6) is 0 Å². The zero-order chi connectivity index (χ0) is 13.5. The van der Waals surface area contributed by atoms with Crippen LogP contribution in [0.3, 0.4) is 0 Å². The minimum Gasteiger partial charge on any atom is -0.343 e. The topological polar surface area (TPSA) is 53.9 Å². The molecule has 0 aliphatic carbocycles. The van der Waals surface area contributed by atoms with Crippen molar-refractivity contribution in [2.24, 2.45) is 0 Å². The second-order valence-corrected chi connectivity index (χ2v) is 4.41. The first kappa shape index (κ1) is 13.4. The van der Waals surface area contributed by atoms with Crippen LogP contribution in [-0.2, 0) is 13.0 Å². The number of pyridine rings is 1. The molecule has 1 N–H and O–H groups in total. The van der Waals surface area contributed by atoms with Gasteiger partial charge in [0.05, 0.1) is 0 Å². The second kappa shape index (κ2) is 6.80. The first-order valence-electron chi connectivity index (χ1n) is 6.36. The van der Waals surface area contributed by atoms with Gasteiger partial charge in [-0.25, -0.2) is 9.97 Å². The summed E-state index contributed by atoms with van der Waals surface area (Å²) in [6, 6.07) is 5.97. The Bertz CT molecular complexity index is 483. The normalized spacial score (nSPS) is 10.4. The minimum atomic E-state index is 0.746. The van der Waals surface area contributed by atoms with Gasteiger partial charge >= 0.3 is 0 Å². The molecule has 0 aliphatic heterocycles. The SMILES string of the molecule is CNCc1cnc(N(C)CCc2ccccn2)nc1. The number of hydrogen-bond acceptors (Lipinski definition) is 5. The smallest absolute Gasteiger partial charge is 0.225 e. The molecule has 0 saturated carbocycles. The molecule has 0 atom stereocenters. The second-order valence-electron chi connectivity index (χ2n) is 4.41. The molecule has 2 aromatic heterocycles. The van der Waals surface area contributed by atoms with Gasteiger partial charge in [0.1, 0.15) is 0 Å². The third kappa shape index (κ3) is 3.99. The minimum absolute atomic E-state index is 0.746. The number of nitrogens with one attached hydrogen (secondary N) is 1. The molecular weight excluding hydrogens is 238 g/mol. The lowest BCUT2D eigenvalue weighted by atomic mass is 10.2. The monoisotopic (exact) mass is 257 g/mol. The van der Waals surface area contributed by atoms with Crippen molar-refractivity contribution in [1.82, 2.24) is 20.3 Å². The molecule has 19 heavy (non-hydrogen) atoms. The third-order valence-electron chi connectivity index (χ3n) is 2.84. The van der Waals surface area contributed by atoms with E-state index >= 15 is 0 Å². The molecule has 2 aromatic rings. The summed E-state index contributed by atoms with van der Waals surface area (Å²) in [6.45, 7) is 1.64. The fourth-order valence-electron chi connectivity index (χ4n) is 1.77. The summed E-state index contributed by atoms with van der Waals surface area (Å²) >= 11 is 0. The summed E-state index contributed by atoms with van der Waals surface area (Å²) in [4.78, 5) is 15.1. The number of anilines is 1. The first-order chi connectivity index (χ1) is 9.29. The molecule has 100 valence electrons. The van der Waals surface area contributed by atoms with Crippen LogP contribution in [0.4, 0.5) is 5.95 Å². The molecular formula is C14H19N5. The van der Waals surface area contributed by atoms with E-state index in [2.05, 4.69) is 20.3 Å². The van der Waals surface area contributed by atoms with E-state index in [9.17, 15) is 0 Å². The largest absolute Gasteiger partial charge is 0.343 e. The Kier molecular flexibility index (Phi) is 4.80. The van der Waals surface area contributed by atoms with Crippen LogP contribution < -0.4 is 10.2 Å². The van der Waals surface area contributed by atoms with Gasteiger partial charge < -0.3 is 10.2 Å². The standard InChI is InChI=1S/C14H19N5/c1-15-9-12-10-17-14(18-11-12)19(2)8-6-13-5-3-4-7-16-13/h3-5,7,10-11,15H,6,8-9H2,1-2H3. The molecule has 0 bridgehead atoms. The molecule has 0 saturated heterocycles. The van der Waals surface area contributed by atoms with Gasteiger partial charge in [-0.3, -0.25) is 4.98 Å². The summed E-state index contributed by atoms with van der Waals surface area (Å²) in [6.07, 6.45) is 6.42. The van der Waals surface area contributed by atoms with Crippen LogP contribution in [0.1, 0.15) is 11.3 Å². The van der Waals surface area contributed by atoms with Gasteiger partial charge in [0.2, 0.25) is 5.95 Å². The summed E-state index contributed by atoms with van der Waals surface area (Å²) in [5.41, 5.74) is 2.17. The Morgan fingerprint density at radius 3 is 2.58 bits per heavy atom. The van der Waals surface area contributed by atoms with E-state index in [0.29, 0.717) is 0 Å². The van der Waals surface area contributed by atoms with Crippen LogP contribution in [0.25, 0.3) is 0 Å². The van der Waals surface area contributed by atoms with Gasteiger partial charge in [0, 0.05) is 56.4 Å². The Morgan fingerprint density at radius 2 is 1.95 bits per heavy atom. The van der Waals surface area contributed by atoms with Crippen molar-refractivity contribution >= 4 is 5.95 Å². The van der Waals surface area contributed by atoms with Gasteiger partial charge in [-0.2, -0.15) is 0 Å². The Labute approximate surface area is 113 Å². The van der Waals surface area contributed by atoms with Crippen molar-refractivity contribution in [3.63, 3.8) is 0 Å². The number of aromatic nitrogens is 3. The summed E-state index contributed by atoms with van der Waals surface area (Å²) in [7, 11) is 3.91. The van der Waals surface area contributed by atoms with E-state index in [1.54, 1.807) is 0 Å². The Morgan fingerprint density at radius 1 is 1.16 bits per heavy atom. The van der Waals surface area contributed by atoms with Crippen LogP contribution in [0, 0.1) is 0 Å². The molecule has 0 aliphatic rings. The molecule has 0 unspecified atom stereocenters. The molecule has 2 rings (SSSR count). The van der Waals surface area contributed by atoms with E-state index in [-0.39, 0.29) is 0 Å². The number of nitrogens with zero attached hydrogens (tertiary/aromatic N) is 4. The molecule has 0 radical (unpaired) electrons. The van der Waals surface area contributed by atoms with E-state index in [4.69, 9.17) is 0 Å². The Hall–Kier alpha value is -2.01. The van der Waals surface area contributed by atoms with Crippen molar-refractivity contribution in [1.29, 1.82) is 0 Å². The predicted molar refractivity (Wildman–Crippen MR) is 76.0 cm³/mol. The average molecular weight is 257 g/mol. The number of likely N-dealkylation sites (N-methyl/N-ethyl adjacent to an activating group) is 1. The highest BCUT2D eigenvalue weighted by Gasteiger charge is 2.04. The van der Waals surface area contributed by atoms with E-state index < -0.39 is 0 Å². The van der Waals surface area contributed by atoms with Crippen LogP contribution in [0.15, 0.2) is 36.8 Å². The molecule has 5 nitrogen and oxygen atoms in total. The quantitative estimate of drug-likeness (QED) is 0.844. The van der Waals surface area contributed by atoms with Gasteiger partial charge in [0.25, 0.3) is 0 Å². The zero-order valence-corrected chi connectivity index (χ0v) is 11.4. The van der Waals surface area contributed by atoms with Crippen molar-refractivity contribution in [3.8, 4) is 0 Å². The molecule has 0 aromatic carbocycles. The zero-order valence-electron chi connectivity index (χ0n) is 11.4. The highest BCUT2D eigenvalue weighted by molar-refractivity contribution is 5.28. The van der Waals surface area contributed by atoms with E-state index in [1.165, 1.54) is 0 Å². The van der Waals surface area contributed by atoms with Crippen LogP contribution in [-0.4, -0.2) is 35.6 Å². The lowest BCUT2D eigenvalue weighted by molar-refractivity contribution is 0.790. The summed E-state index contributed by atoms with van der Waals surface area (Å²) < 4.78 is 0. The van der Waals surface area contributed by atoms with Crippen molar-refractivity contribution in [3.05, 3.63) is 48.0 Å². The van der Waals surface area contributed by atoms with Gasteiger partial charge in [-0.05, 0) is 19.2 Å². The van der Waals surface area contributed by atoms with Gasteiger partial charge in [0.15, 0.2) is 0 Å². The van der Waals surface area contributed by atoms with Gasteiger partial charge in [-0.15, -0.1) is 0 Å². The third-order valence-corrected chi connectivity index (χ3v) is 2.84. The fourth-order valence-corrected chi connectivity index (χ4v) is 1.77. The first-order valence-corrected chi connectivity index (χ1v) is 6.36. The maximum atomic E-state index is 4.36. The predicted octanol–water partition coefficient (Wildman–Crippen LogP) is 1.27. The molecule has 0 spiro atoms. The molecule has 0 fully saturated rings. The van der Waals surface area contributed by atoms with Crippen molar-refractivity contribution in [2.75, 3.05) is 25.5 Å². The lowest BCUT2D eigenvalue weighted by Crippen LogP contribution is -2.23. The van der Waals surface area contributed by atoms with Crippen LogP contribution in [0.2, 0.25) is 0 Å². The maximum Gasteiger partial charge on any atom is 0.225 e. The van der Waals surface area contributed by atoms with Crippen molar-refractivity contribution in [2.45, 2.75) is 13.0 Å². The number of rotatable bonds is 6.